The first-order chi connectivity index (χ1) is 17.1. The second kappa shape index (κ2) is 8.13. The minimum atomic E-state index is -0.0701. The fraction of sp³-hybridized carbons (Fsp3) is 0.125. The van der Waals surface area contributed by atoms with Crippen molar-refractivity contribution in [2.24, 2.45) is 0 Å². The Balaban J connectivity index is 1.43. The van der Waals surface area contributed by atoms with Crippen LogP contribution in [0.3, 0.4) is 0 Å². The lowest BCUT2D eigenvalue weighted by molar-refractivity contribution is -0.115. The number of aryl methyl sites for hydroxylation is 1. The van der Waals surface area contributed by atoms with Crippen LogP contribution in [-0.4, -0.2) is 50.6 Å². The highest BCUT2D eigenvalue weighted by Crippen LogP contribution is 2.30. The van der Waals surface area contributed by atoms with Gasteiger partial charge in [0.2, 0.25) is 5.91 Å². The molecule has 11 heteroatoms. The highest BCUT2D eigenvalue weighted by Gasteiger charge is 2.16. The van der Waals surface area contributed by atoms with Crippen molar-refractivity contribution in [1.29, 1.82) is 0 Å². The number of aromatic amines is 2. The molecule has 6 aromatic rings. The van der Waals surface area contributed by atoms with Crippen LogP contribution in [0.25, 0.3) is 50.4 Å². The van der Waals surface area contributed by atoms with E-state index in [-0.39, 0.29) is 5.91 Å². The fourth-order valence-corrected chi connectivity index (χ4v) is 3.93. The fourth-order valence-electron chi connectivity index (χ4n) is 3.93. The van der Waals surface area contributed by atoms with E-state index >= 15 is 0 Å². The molecule has 0 saturated heterocycles. The molecule has 0 bridgehead atoms. The van der Waals surface area contributed by atoms with E-state index in [9.17, 15) is 4.79 Å². The summed E-state index contributed by atoms with van der Waals surface area (Å²) in [5, 5.41) is 11.1. The van der Waals surface area contributed by atoms with Gasteiger partial charge in [0.05, 0.1) is 52.9 Å². The molecule has 6 heterocycles. The molecule has 172 valence electrons. The molecule has 0 spiro atoms. The van der Waals surface area contributed by atoms with Gasteiger partial charge in [-0.25, -0.2) is 15.0 Å². The first-order valence-electron chi connectivity index (χ1n) is 11.0. The summed E-state index contributed by atoms with van der Waals surface area (Å²) >= 11 is 0. The molecule has 0 aromatic carbocycles. The maximum Gasteiger partial charge on any atom is 0.224 e. The van der Waals surface area contributed by atoms with Crippen molar-refractivity contribution in [1.82, 2.24) is 44.7 Å². The van der Waals surface area contributed by atoms with Gasteiger partial charge in [0.1, 0.15) is 11.2 Å². The number of amides is 1. The number of carbonyl (C=O) groups excluding carboxylic acids is 1. The van der Waals surface area contributed by atoms with Crippen LogP contribution in [0.2, 0.25) is 0 Å². The minimum absolute atomic E-state index is 0.0701. The number of aromatic nitrogens is 9. The van der Waals surface area contributed by atoms with Gasteiger partial charge in [-0.1, -0.05) is 6.92 Å². The molecular formula is C24H20N10O. The number of pyridine rings is 3. The molecular weight excluding hydrogens is 444 g/mol. The topological polar surface area (TPSA) is 143 Å². The van der Waals surface area contributed by atoms with Crippen molar-refractivity contribution < 1.29 is 4.79 Å². The standard InChI is InChI=1S/C24H20N10O/c1-3-20(35)29-16-4-14(6-25-8-16)15-5-17-21(32-33-23(17)27-7-15)24-30-18-9-26-10-19(22(18)31-24)34-11-13(2)28-12-34/h4-12H,3H2,1-2H3,(H,29,35)(H,30,31)(H,27,32,33). The Morgan fingerprint density at radius 3 is 2.74 bits per heavy atom. The van der Waals surface area contributed by atoms with Crippen LogP contribution >= 0.6 is 0 Å². The minimum Gasteiger partial charge on any atom is -0.335 e. The maximum atomic E-state index is 11.8. The molecule has 0 atom stereocenters. The monoisotopic (exact) mass is 464 g/mol. The van der Waals surface area contributed by atoms with E-state index in [0.717, 1.165) is 38.9 Å². The molecule has 0 radical (unpaired) electrons. The summed E-state index contributed by atoms with van der Waals surface area (Å²) in [6.07, 6.45) is 12.6. The zero-order valence-electron chi connectivity index (χ0n) is 18.9. The number of nitrogens with one attached hydrogen (secondary N) is 3. The summed E-state index contributed by atoms with van der Waals surface area (Å²) in [6.45, 7) is 3.74. The first-order valence-corrected chi connectivity index (χ1v) is 11.0. The van der Waals surface area contributed by atoms with Crippen LogP contribution in [0.5, 0.6) is 0 Å². The number of rotatable bonds is 5. The average Bonchev–Trinajstić information content (AvgIpc) is 3.61. The molecule has 0 aliphatic carbocycles. The average molecular weight is 464 g/mol. The van der Waals surface area contributed by atoms with Gasteiger partial charge in [0.15, 0.2) is 11.5 Å². The molecule has 0 unspecified atom stereocenters. The SMILES string of the molecule is CCC(=O)Nc1cncc(-c2cnc3n[nH]c(-c4nc5c(-n6cnc(C)c6)cncc5[nH]4)c3c2)c1. The smallest absolute Gasteiger partial charge is 0.224 e. The number of imidazole rings is 2. The lowest BCUT2D eigenvalue weighted by atomic mass is 10.1. The predicted octanol–water partition coefficient (Wildman–Crippen LogP) is 3.80. The predicted molar refractivity (Wildman–Crippen MR) is 131 cm³/mol. The van der Waals surface area contributed by atoms with Gasteiger partial charge in [-0.15, -0.1) is 0 Å². The van der Waals surface area contributed by atoms with Crippen molar-refractivity contribution in [3.8, 4) is 28.3 Å². The van der Waals surface area contributed by atoms with Gasteiger partial charge < -0.3 is 14.9 Å². The Morgan fingerprint density at radius 1 is 1.06 bits per heavy atom. The van der Waals surface area contributed by atoms with Crippen molar-refractivity contribution in [3.63, 3.8) is 0 Å². The van der Waals surface area contributed by atoms with Crippen molar-refractivity contribution in [2.75, 3.05) is 5.32 Å². The Bertz CT molecular complexity index is 1710. The Labute approximate surface area is 198 Å². The normalized spacial score (nSPS) is 11.4. The van der Waals surface area contributed by atoms with Crippen LogP contribution in [0.1, 0.15) is 19.0 Å². The van der Waals surface area contributed by atoms with Crippen LogP contribution in [0.4, 0.5) is 5.69 Å². The number of H-pyrrole nitrogens is 2. The van der Waals surface area contributed by atoms with Crippen LogP contribution < -0.4 is 5.32 Å². The quantitative estimate of drug-likeness (QED) is 0.352. The van der Waals surface area contributed by atoms with Gasteiger partial charge in [0.25, 0.3) is 0 Å². The number of anilines is 1. The van der Waals surface area contributed by atoms with Gasteiger partial charge in [0, 0.05) is 36.1 Å². The lowest BCUT2D eigenvalue weighted by Crippen LogP contribution is -2.09. The summed E-state index contributed by atoms with van der Waals surface area (Å²) in [6, 6.07) is 3.85. The molecule has 0 aliphatic rings. The van der Waals surface area contributed by atoms with E-state index in [1.165, 1.54) is 0 Å². The number of hydrogen-bond donors (Lipinski definition) is 3. The second-order valence-corrected chi connectivity index (χ2v) is 8.12. The van der Waals surface area contributed by atoms with E-state index in [1.54, 1.807) is 44.2 Å². The van der Waals surface area contributed by atoms with E-state index in [2.05, 4.69) is 40.4 Å². The number of nitrogens with zero attached hydrogens (tertiary/aromatic N) is 7. The molecule has 6 rings (SSSR count). The van der Waals surface area contributed by atoms with Crippen molar-refractivity contribution in [3.05, 3.63) is 61.3 Å². The highest BCUT2D eigenvalue weighted by atomic mass is 16.1. The third kappa shape index (κ3) is 3.68. The van der Waals surface area contributed by atoms with E-state index in [1.807, 2.05) is 29.8 Å². The zero-order valence-corrected chi connectivity index (χ0v) is 18.9. The van der Waals surface area contributed by atoms with E-state index in [4.69, 9.17) is 4.98 Å². The molecule has 11 nitrogen and oxygen atoms in total. The second-order valence-electron chi connectivity index (χ2n) is 8.12. The Morgan fingerprint density at radius 2 is 1.91 bits per heavy atom. The number of fused-ring (bicyclic) bond motifs is 2. The number of carbonyl (C=O) groups is 1. The number of hydrogen-bond acceptors (Lipinski definition) is 7. The van der Waals surface area contributed by atoms with Gasteiger partial charge in [-0.3, -0.25) is 19.9 Å². The highest BCUT2D eigenvalue weighted by molar-refractivity contribution is 5.95. The summed E-state index contributed by atoms with van der Waals surface area (Å²) < 4.78 is 1.90. The zero-order chi connectivity index (χ0) is 23.9. The van der Waals surface area contributed by atoms with Crippen molar-refractivity contribution in [2.45, 2.75) is 20.3 Å². The third-order valence-corrected chi connectivity index (χ3v) is 5.69. The maximum absolute atomic E-state index is 11.8. The molecule has 0 fully saturated rings. The Hall–Kier alpha value is -4.93. The molecule has 35 heavy (non-hydrogen) atoms. The van der Waals surface area contributed by atoms with E-state index in [0.29, 0.717) is 29.3 Å². The summed E-state index contributed by atoms with van der Waals surface area (Å²) in [5.41, 5.74) is 6.86. The van der Waals surface area contributed by atoms with Crippen LogP contribution in [0, 0.1) is 6.92 Å². The summed E-state index contributed by atoms with van der Waals surface area (Å²) in [4.78, 5) is 37.4. The van der Waals surface area contributed by atoms with Gasteiger partial charge in [-0.05, 0) is 19.1 Å². The first kappa shape index (κ1) is 20.7. The van der Waals surface area contributed by atoms with Crippen LogP contribution in [0.15, 0.2) is 55.6 Å². The molecule has 0 saturated carbocycles. The third-order valence-electron chi connectivity index (χ3n) is 5.69. The molecule has 1 amide bonds. The summed E-state index contributed by atoms with van der Waals surface area (Å²) in [7, 11) is 0. The molecule has 0 aliphatic heterocycles. The van der Waals surface area contributed by atoms with Crippen molar-refractivity contribution >= 4 is 33.7 Å². The summed E-state index contributed by atoms with van der Waals surface area (Å²) in [5.74, 6) is 0.550. The van der Waals surface area contributed by atoms with E-state index < -0.39 is 0 Å². The Kier molecular flexibility index (Phi) is 4.80. The van der Waals surface area contributed by atoms with Gasteiger partial charge in [-0.2, -0.15) is 5.10 Å². The van der Waals surface area contributed by atoms with Gasteiger partial charge >= 0.3 is 0 Å². The molecule has 6 aromatic heterocycles. The molecule has 3 N–H and O–H groups in total. The lowest BCUT2D eigenvalue weighted by Gasteiger charge is -2.06. The largest absolute Gasteiger partial charge is 0.335 e. The van der Waals surface area contributed by atoms with Crippen LogP contribution in [-0.2, 0) is 4.79 Å².